The number of anilines is 2. The molecule has 0 spiro atoms. The predicted molar refractivity (Wildman–Crippen MR) is 167 cm³/mol. The molecule has 0 radical (unpaired) electrons. The van der Waals surface area contributed by atoms with Crippen LogP contribution in [0.4, 0.5) is 17.1 Å². The molecular weight excluding hydrogens is 578 g/mol. The Balaban J connectivity index is 1.54. The molecule has 3 aromatic carbocycles. The number of nitro groups is 1. The minimum atomic E-state index is -4.08. The van der Waals surface area contributed by atoms with Crippen LogP contribution in [-0.2, 0) is 16.6 Å². The van der Waals surface area contributed by atoms with Crippen molar-refractivity contribution in [1.29, 1.82) is 0 Å². The summed E-state index contributed by atoms with van der Waals surface area (Å²) in [6.07, 6.45) is 2.92. The second-order valence-electron chi connectivity index (χ2n) is 10.2. The topological polar surface area (TPSA) is 118 Å². The SMILES string of the molecule is COc1cc(NC(C)CCCN(Cc2ccc(N(C)C)cc2)S(=O)(=O)c2ccc(Cl)c([N+](=O)[O-])c2)c2ncccc2c1. The fraction of sp³-hybridized carbons (Fsp3) is 0.300. The lowest BCUT2D eigenvalue weighted by molar-refractivity contribution is -0.384. The van der Waals surface area contributed by atoms with Crippen molar-refractivity contribution < 1.29 is 18.1 Å². The highest BCUT2D eigenvalue weighted by Crippen LogP contribution is 2.31. The Hall–Kier alpha value is -3.93. The molecule has 4 aromatic rings. The smallest absolute Gasteiger partial charge is 0.289 e. The largest absolute Gasteiger partial charge is 0.497 e. The Morgan fingerprint density at radius 1 is 1.10 bits per heavy atom. The van der Waals surface area contributed by atoms with Crippen LogP contribution in [-0.4, -0.2) is 56.4 Å². The van der Waals surface area contributed by atoms with E-state index in [0.717, 1.165) is 33.9 Å². The van der Waals surface area contributed by atoms with Gasteiger partial charge in [-0.2, -0.15) is 4.31 Å². The van der Waals surface area contributed by atoms with Crippen molar-refractivity contribution in [3.05, 3.63) is 93.6 Å². The van der Waals surface area contributed by atoms with Crippen LogP contribution in [0.25, 0.3) is 10.9 Å². The van der Waals surface area contributed by atoms with E-state index >= 15 is 0 Å². The highest BCUT2D eigenvalue weighted by molar-refractivity contribution is 7.89. The molecule has 0 saturated heterocycles. The molecule has 1 N–H and O–H groups in total. The number of nitro benzene ring substituents is 1. The quantitative estimate of drug-likeness (QED) is 0.137. The van der Waals surface area contributed by atoms with E-state index in [-0.39, 0.29) is 29.0 Å². The van der Waals surface area contributed by atoms with Crippen LogP contribution >= 0.6 is 11.6 Å². The Morgan fingerprint density at radius 3 is 2.50 bits per heavy atom. The third-order valence-electron chi connectivity index (χ3n) is 6.92. The molecule has 42 heavy (non-hydrogen) atoms. The van der Waals surface area contributed by atoms with Gasteiger partial charge >= 0.3 is 0 Å². The molecule has 0 aliphatic carbocycles. The lowest BCUT2D eigenvalue weighted by Crippen LogP contribution is -2.32. The number of aromatic nitrogens is 1. The number of hydrogen-bond donors (Lipinski definition) is 1. The molecule has 0 bridgehead atoms. The van der Waals surface area contributed by atoms with E-state index in [1.807, 2.05) is 74.4 Å². The molecule has 0 fully saturated rings. The van der Waals surface area contributed by atoms with E-state index in [9.17, 15) is 18.5 Å². The van der Waals surface area contributed by atoms with Gasteiger partial charge < -0.3 is 15.0 Å². The van der Waals surface area contributed by atoms with Gasteiger partial charge in [0.05, 0.1) is 28.1 Å². The first kappa shape index (κ1) is 31.0. The molecule has 0 aliphatic rings. The van der Waals surface area contributed by atoms with Crippen LogP contribution in [0.1, 0.15) is 25.3 Å². The molecule has 1 aromatic heterocycles. The zero-order chi connectivity index (χ0) is 30.4. The van der Waals surface area contributed by atoms with Crippen LogP contribution in [0.2, 0.25) is 5.02 Å². The number of pyridine rings is 1. The Morgan fingerprint density at radius 2 is 1.83 bits per heavy atom. The maximum Gasteiger partial charge on any atom is 0.289 e. The average molecular weight is 612 g/mol. The molecule has 1 heterocycles. The van der Waals surface area contributed by atoms with Gasteiger partial charge in [-0.1, -0.05) is 29.8 Å². The van der Waals surface area contributed by atoms with Gasteiger partial charge in [-0.25, -0.2) is 8.42 Å². The Bertz CT molecular complexity index is 1670. The van der Waals surface area contributed by atoms with E-state index in [2.05, 4.69) is 10.3 Å². The van der Waals surface area contributed by atoms with Crippen LogP contribution in [0.5, 0.6) is 5.75 Å². The summed E-state index contributed by atoms with van der Waals surface area (Å²) in [6.45, 7) is 2.34. The summed E-state index contributed by atoms with van der Waals surface area (Å²) in [6, 6.07) is 18.8. The normalized spacial score (nSPS) is 12.3. The van der Waals surface area contributed by atoms with Crippen molar-refractivity contribution in [2.45, 2.75) is 37.2 Å². The summed E-state index contributed by atoms with van der Waals surface area (Å²) in [5.41, 5.74) is 2.98. The van der Waals surface area contributed by atoms with Crippen LogP contribution in [0.15, 0.2) is 77.8 Å². The van der Waals surface area contributed by atoms with Crippen molar-refractivity contribution in [1.82, 2.24) is 9.29 Å². The molecule has 0 aliphatic heterocycles. The zero-order valence-electron chi connectivity index (χ0n) is 24.0. The molecular formula is C30H34ClN5O5S. The number of nitrogens with one attached hydrogen (secondary N) is 1. The summed E-state index contributed by atoms with van der Waals surface area (Å²) < 4.78 is 34.4. The van der Waals surface area contributed by atoms with Crippen molar-refractivity contribution in [2.75, 3.05) is 38.0 Å². The van der Waals surface area contributed by atoms with Crippen LogP contribution < -0.4 is 15.0 Å². The predicted octanol–water partition coefficient (Wildman–Crippen LogP) is 6.34. The molecule has 10 nitrogen and oxygen atoms in total. The minimum Gasteiger partial charge on any atom is -0.497 e. The van der Waals surface area contributed by atoms with Gasteiger partial charge in [-0.3, -0.25) is 15.1 Å². The monoisotopic (exact) mass is 611 g/mol. The van der Waals surface area contributed by atoms with E-state index in [0.29, 0.717) is 18.6 Å². The molecule has 1 atom stereocenters. The summed E-state index contributed by atoms with van der Waals surface area (Å²) in [7, 11) is 1.39. The summed E-state index contributed by atoms with van der Waals surface area (Å²) >= 11 is 5.96. The number of halogens is 1. The maximum atomic E-state index is 13.8. The molecule has 222 valence electrons. The fourth-order valence-corrected chi connectivity index (χ4v) is 6.31. The fourth-order valence-electron chi connectivity index (χ4n) is 4.63. The van der Waals surface area contributed by atoms with Crippen molar-refractivity contribution in [3.8, 4) is 5.75 Å². The first-order valence-corrected chi connectivity index (χ1v) is 15.2. The van der Waals surface area contributed by atoms with Gasteiger partial charge in [-0.05, 0) is 61.7 Å². The Kier molecular flexibility index (Phi) is 9.87. The number of benzene rings is 3. The molecule has 12 heteroatoms. The van der Waals surface area contributed by atoms with Gasteiger partial charge in [0, 0.05) is 62.6 Å². The molecule has 1 unspecified atom stereocenters. The van der Waals surface area contributed by atoms with Gasteiger partial charge in [0.25, 0.3) is 5.69 Å². The highest BCUT2D eigenvalue weighted by atomic mass is 35.5. The zero-order valence-corrected chi connectivity index (χ0v) is 25.5. The van der Waals surface area contributed by atoms with Gasteiger partial charge in [0.2, 0.25) is 10.0 Å². The van der Waals surface area contributed by atoms with Crippen LogP contribution in [0, 0.1) is 10.1 Å². The molecule has 0 saturated carbocycles. The van der Waals surface area contributed by atoms with Crippen molar-refractivity contribution in [2.24, 2.45) is 0 Å². The number of ether oxygens (including phenoxy) is 1. The average Bonchev–Trinajstić information content (AvgIpc) is 2.96. The molecule has 0 amide bonds. The van der Waals surface area contributed by atoms with E-state index < -0.39 is 20.6 Å². The first-order valence-electron chi connectivity index (χ1n) is 13.4. The van der Waals surface area contributed by atoms with Crippen molar-refractivity contribution >= 4 is 49.6 Å². The van der Waals surface area contributed by atoms with Gasteiger partial charge in [-0.15, -0.1) is 0 Å². The summed E-state index contributed by atoms with van der Waals surface area (Å²) in [5.74, 6) is 0.708. The third-order valence-corrected chi connectivity index (χ3v) is 9.09. The lowest BCUT2D eigenvalue weighted by Gasteiger charge is -2.24. The first-order chi connectivity index (χ1) is 20.0. The minimum absolute atomic E-state index is 0.0112. The highest BCUT2D eigenvalue weighted by Gasteiger charge is 2.27. The number of nitrogens with zero attached hydrogens (tertiary/aromatic N) is 4. The number of fused-ring (bicyclic) bond motifs is 1. The second kappa shape index (κ2) is 13.4. The van der Waals surface area contributed by atoms with E-state index in [1.54, 1.807) is 13.3 Å². The van der Waals surface area contributed by atoms with Crippen molar-refractivity contribution in [3.63, 3.8) is 0 Å². The number of rotatable bonds is 13. The summed E-state index contributed by atoms with van der Waals surface area (Å²) in [5, 5.41) is 15.8. The summed E-state index contributed by atoms with van der Waals surface area (Å²) in [4.78, 5) is 17.1. The van der Waals surface area contributed by atoms with Gasteiger partial charge in [0.15, 0.2) is 0 Å². The maximum absolute atomic E-state index is 13.8. The second-order valence-corrected chi connectivity index (χ2v) is 12.6. The lowest BCUT2D eigenvalue weighted by atomic mass is 10.1. The van der Waals surface area contributed by atoms with Crippen LogP contribution in [0.3, 0.4) is 0 Å². The number of hydrogen-bond acceptors (Lipinski definition) is 8. The number of sulfonamides is 1. The van der Waals surface area contributed by atoms with E-state index in [1.165, 1.54) is 16.4 Å². The third kappa shape index (κ3) is 7.28. The molecule has 4 rings (SSSR count). The number of methoxy groups -OCH3 is 1. The van der Waals surface area contributed by atoms with E-state index in [4.69, 9.17) is 16.3 Å². The van der Waals surface area contributed by atoms with Gasteiger partial charge in [0.1, 0.15) is 10.8 Å². The standard InChI is InChI=1S/C30H34ClN5O5S/c1-21(33-28-18-25(41-4)17-23-8-5-15-32-30(23)28)7-6-16-35(20-22-9-11-24(12-10-22)34(2)3)42(39,40)26-13-14-27(31)29(19-26)36(37)38/h5,8-15,17-19,21,33H,6-7,16,20H2,1-4H3. The Labute approximate surface area is 251 Å².